The Morgan fingerprint density at radius 3 is 2.24 bits per heavy atom. The summed E-state index contributed by atoms with van der Waals surface area (Å²) in [6, 6.07) is 2.48. The monoisotopic (exact) mass is 326 g/mol. The van der Waals surface area contributed by atoms with Crippen molar-refractivity contribution in [3.8, 4) is 11.5 Å². The summed E-state index contributed by atoms with van der Waals surface area (Å²) < 4.78 is 73.7. The number of benzene rings is 1. The molecule has 0 unspecified atom stereocenters. The highest BCUT2D eigenvalue weighted by atomic mass is 35.5. The van der Waals surface area contributed by atoms with Crippen LogP contribution in [0.4, 0.5) is 22.0 Å². The molecule has 1 aliphatic rings. The van der Waals surface area contributed by atoms with Gasteiger partial charge in [0, 0.05) is 11.5 Å². The molecular weight excluding hydrogens is 323 g/mol. The molecule has 2 aromatic rings. The van der Waals surface area contributed by atoms with E-state index in [-0.39, 0.29) is 29.2 Å². The van der Waals surface area contributed by atoms with Gasteiger partial charge in [-0.3, -0.25) is 0 Å². The van der Waals surface area contributed by atoms with Gasteiger partial charge in [0.1, 0.15) is 5.15 Å². The van der Waals surface area contributed by atoms with Crippen molar-refractivity contribution < 1.29 is 31.4 Å². The first-order valence-electron chi connectivity index (χ1n) is 5.42. The third kappa shape index (κ3) is 2.11. The van der Waals surface area contributed by atoms with E-state index >= 15 is 0 Å². The summed E-state index contributed by atoms with van der Waals surface area (Å²) in [5.41, 5.74) is -0.196. The Kier molecular flexibility index (Phi) is 2.88. The highest BCUT2D eigenvalue weighted by Crippen LogP contribution is 2.44. The number of ether oxygens (including phenoxy) is 2. The quantitative estimate of drug-likeness (QED) is 0.592. The maximum atomic E-state index is 13.3. The van der Waals surface area contributed by atoms with Crippen molar-refractivity contribution in [1.29, 1.82) is 0 Å². The van der Waals surface area contributed by atoms with Gasteiger partial charge in [-0.15, -0.1) is 0 Å². The molecule has 0 atom stereocenters. The van der Waals surface area contributed by atoms with Gasteiger partial charge in [0.15, 0.2) is 11.5 Å². The number of aromatic nitrogens is 2. The van der Waals surface area contributed by atoms with Gasteiger partial charge in [0.2, 0.25) is 12.6 Å². The van der Waals surface area contributed by atoms with Crippen molar-refractivity contribution in [2.45, 2.75) is 12.1 Å². The topological polar surface area (TPSA) is 44.2 Å². The van der Waals surface area contributed by atoms with Crippen LogP contribution in [-0.2, 0) is 5.92 Å². The molecule has 0 bridgehead atoms. The summed E-state index contributed by atoms with van der Waals surface area (Å²) in [5.74, 6) is -6.46. The zero-order valence-electron chi connectivity index (χ0n) is 9.84. The van der Waals surface area contributed by atoms with Crippen LogP contribution in [0.15, 0.2) is 12.1 Å². The molecule has 1 aliphatic heterocycles. The third-order valence-electron chi connectivity index (χ3n) is 2.78. The van der Waals surface area contributed by atoms with E-state index < -0.39 is 23.1 Å². The van der Waals surface area contributed by atoms with E-state index in [1.807, 2.05) is 0 Å². The molecule has 0 aliphatic carbocycles. The lowest BCUT2D eigenvalue weighted by Crippen LogP contribution is -2.35. The molecule has 21 heavy (non-hydrogen) atoms. The Morgan fingerprint density at radius 2 is 1.62 bits per heavy atom. The number of alkyl halides is 5. The van der Waals surface area contributed by atoms with Gasteiger partial charge in [-0.25, -0.2) is 9.97 Å². The SMILES string of the molecule is FC(F)(F)C(F)(F)c1nc(Cl)c2cc3c(cc2n1)OCO3. The number of halogens is 6. The van der Waals surface area contributed by atoms with E-state index in [2.05, 4.69) is 9.97 Å². The highest BCUT2D eigenvalue weighted by molar-refractivity contribution is 6.34. The van der Waals surface area contributed by atoms with E-state index in [0.717, 1.165) is 0 Å². The molecule has 1 aromatic carbocycles. The molecule has 3 rings (SSSR count). The first kappa shape index (κ1) is 14.1. The van der Waals surface area contributed by atoms with E-state index in [0.29, 0.717) is 0 Å². The number of hydrogen-bond donors (Lipinski definition) is 0. The maximum absolute atomic E-state index is 13.3. The minimum atomic E-state index is -5.82. The molecule has 1 aromatic heterocycles. The first-order valence-corrected chi connectivity index (χ1v) is 5.80. The average Bonchev–Trinajstić information content (AvgIpc) is 2.82. The van der Waals surface area contributed by atoms with E-state index in [9.17, 15) is 22.0 Å². The first-order chi connectivity index (χ1) is 9.70. The molecule has 2 heterocycles. The molecule has 10 heteroatoms. The number of hydrogen-bond acceptors (Lipinski definition) is 4. The second-order valence-corrected chi connectivity index (χ2v) is 4.49. The van der Waals surface area contributed by atoms with Crippen LogP contribution in [0.2, 0.25) is 5.15 Å². The van der Waals surface area contributed by atoms with E-state index in [1.165, 1.54) is 12.1 Å². The van der Waals surface area contributed by atoms with E-state index in [1.54, 1.807) is 0 Å². The summed E-state index contributed by atoms with van der Waals surface area (Å²) >= 11 is 5.67. The Morgan fingerprint density at radius 1 is 1.00 bits per heavy atom. The van der Waals surface area contributed by atoms with Gasteiger partial charge < -0.3 is 9.47 Å². The number of fused-ring (bicyclic) bond motifs is 2. The smallest absolute Gasteiger partial charge is 0.454 e. The lowest BCUT2D eigenvalue weighted by atomic mass is 10.2. The summed E-state index contributed by atoms with van der Waals surface area (Å²) in [4.78, 5) is 6.30. The molecule has 4 nitrogen and oxygen atoms in total. The lowest BCUT2D eigenvalue weighted by Gasteiger charge is -2.18. The summed E-state index contributed by atoms with van der Waals surface area (Å²) in [7, 11) is 0. The molecule has 0 radical (unpaired) electrons. The van der Waals surface area contributed by atoms with Gasteiger partial charge >= 0.3 is 12.1 Å². The van der Waals surface area contributed by atoms with Crippen LogP contribution in [0.25, 0.3) is 10.9 Å². The zero-order valence-corrected chi connectivity index (χ0v) is 10.6. The summed E-state index contributed by atoms with van der Waals surface area (Å²) in [5, 5.41) is -0.445. The standard InChI is InChI=1S/C11H4ClF5N2O2/c12-8-4-1-6-7(21-3-20-6)2-5(4)18-9(19-8)10(13,14)11(15,16)17/h1-2H,3H2. The highest BCUT2D eigenvalue weighted by Gasteiger charge is 2.61. The fraction of sp³-hybridized carbons (Fsp3) is 0.273. The number of rotatable bonds is 1. The lowest BCUT2D eigenvalue weighted by molar-refractivity contribution is -0.292. The minimum absolute atomic E-state index is 0.0858. The Balaban J connectivity index is 2.22. The van der Waals surface area contributed by atoms with Gasteiger partial charge in [0.25, 0.3) is 0 Å². The van der Waals surface area contributed by atoms with Gasteiger partial charge in [0.05, 0.1) is 5.52 Å². The molecule has 0 fully saturated rings. The third-order valence-corrected chi connectivity index (χ3v) is 3.07. The van der Waals surface area contributed by atoms with Crippen LogP contribution in [0.5, 0.6) is 11.5 Å². The fourth-order valence-corrected chi connectivity index (χ4v) is 1.98. The van der Waals surface area contributed by atoms with E-state index in [4.69, 9.17) is 21.1 Å². The molecule has 0 saturated carbocycles. The van der Waals surface area contributed by atoms with Crippen molar-refractivity contribution in [3.63, 3.8) is 0 Å². The molecule has 0 saturated heterocycles. The van der Waals surface area contributed by atoms with Crippen molar-refractivity contribution in [1.82, 2.24) is 9.97 Å². The Bertz CT molecular complexity index is 735. The Hall–Kier alpha value is -1.90. The van der Waals surface area contributed by atoms with Crippen molar-refractivity contribution >= 4 is 22.5 Å². The molecule has 0 amide bonds. The molecular formula is C11H4ClF5N2O2. The zero-order chi connectivity index (χ0) is 15.4. The minimum Gasteiger partial charge on any atom is -0.454 e. The van der Waals surface area contributed by atoms with Crippen LogP contribution >= 0.6 is 11.6 Å². The van der Waals surface area contributed by atoms with Gasteiger partial charge in [-0.2, -0.15) is 22.0 Å². The Labute approximate surface area is 118 Å². The van der Waals surface area contributed by atoms with Crippen molar-refractivity contribution in [3.05, 3.63) is 23.1 Å². The van der Waals surface area contributed by atoms with Crippen LogP contribution in [0.1, 0.15) is 5.82 Å². The second kappa shape index (κ2) is 4.30. The summed E-state index contributed by atoms with van der Waals surface area (Å²) in [6.07, 6.45) is -5.82. The van der Waals surface area contributed by atoms with Crippen LogP contribution in [0.3, 0.4) is 0 Å². The van der Waals surface area contributed by atoms with Gasteiger partial charge in [-0.05, 0) is 6.07 Å². The normalized spacial score (nSPS) is 14.8. The van der Waals surface area contributed by atoms with Crippen LogP contribution in [0, 0.1) is 0 Å². The summed E-state index contributed by atoms with van der Waals surface area (Å²) in [6.45, 7) is -0.0950. The van der Waals surface area contributed by atoms with Crippen LogP contribution in [-0.4, -0.2) is 22.9 Å². The fourth-order valence-electron chi connectivity index (χ4n) is 1.75. The predicted octanol–water partition coefficient (Wildman–Crippen LogP) is 3.67. The molecule has 0 N–H and O–H groups in total. The van der Waals surface area contributed by atoms with Crippen molar-refractivity contribution in [2.24, 2.45) is 0 Å². The maximum Gasteiger partial charge on any atom is 0.461 e. The van der Waals surface area contributed by atoms with Gasteiger partial charge in [-0.1, -0.05) is 11.6 Å². The number of nitrogens with zero attached hydrogens (tertiary/aromatic N) is 2. The molecule has 0 spiro atoms. The molecule has 112 valence electrons. The van der Waals surface area contributed by atoms with Crippen LogP contribution < -0.4 is 9.47 Å². The van der Waals surface area contributed by atoms with Crippen molar-refractivity contribution in [2.75, 3.05) is 6.79 Å². The second-order valence-electron chi connectivity index (χ2n) is 4.13. The predicted molar refractivity (Wildman–Crippen MR) is 60.6 cm³/mol. The largest absolute Gasteiger partial charge is 0.461 e. The average molecular weight is 327 g/mol.